The van der Waals surface area contributed by atoms with Crippen LogP contribution in [0.25, 0.3) is 0 Å². The van der Waals surface area contributed by atoms with Crippen molar-refractivity contribution in [2.75, 3.05) is 6.54 Å². The van der Waals surface area contributed by atoms with Gasteiger partial charge in [-0.25, -0.2) is 9.97 Å². The monoisotopic (exact) mass is 264 g/mol. The summed E-state index contributed by atoms with van der Waals surface area (Å²) in [6.07, 6.45) is 4.81. The Hall–Kier alpha value is -1.20. The van der Waals surface area contributed by atoms with Gasteiger partial charge in [0.15, 0.2) is 0 Å². The van der Waals surface area contributed by atoms with Crippen LogP contribution in [0.4, 0.5) is 0 Å². The molecule has 0 aliphatic carbocycles. The summed E-state index contributed by atoms with van der Waals surface area (Å²) in [6.45, 7) is 7.30. The Morgan fingerprint density at radius 2 is 2.33 bits per heavy atom. The Morgan fingerprint density at radius 1 is 1.44 bits per heavy atom. The molecule has 2 heterocycles. The van der Waals surface area contributed by atoms with E-state index < -0.39 is 0 Å². The fourth-order valence-corrected chi connectivity index (χ4v) is 2.37. The predicted octanol–water partition coefficient (Wildman–Crippen LogP) is 2.33. The molecule has 18 heavy (non-hydrogen) atoms. The van der Waals surface area contributed by atoms with Crippen molar-refractivity contribution >= 4 is 11.3 Å². The second-order valence-electron chi connectivity index (χ2n) is 4.83. The molecule has 5 heteroatoms. The number of aryl methyl sites for hydroxylation is 2. The zero-order valence-corrected chi connectivity index (χ0v) is 11.8. The zero-order chi connectivity index (χ0) is 12.8. The van der Waals surface area contributed by atoms with Gasteiger partial charge in [-0.2, -0.15) is 0 Å². The van der Waals surface area contributed by atoms with Crippen LogP contribution >= 0.6 is 11.3 Å². The first-order valence-electron chi connectivity index (χ1n) is 6.32. The molecule has 0 unspecified atom stereocenters. The van der Waals surface area contributed by atoms with Crippen molar-refractivity contribution in [1.29, 1.82) is 0 Å². The third-order valence-corrected chi connectivity index (χ3v) is 3.38. The third kappa shape index (κ3) is 3.92. The lowest BCUT2D eigenvalue weighted by molar-refractivity contribution is 0.533. The Balaban J connectivity index is 1.83. The number of hydrogen-bond acceptors (Lipinski definition) is 4. The summed E-state index contributed by atoms with van der Waals surface area (Å²) >= 11 is 1.65. The highest BCUT2D eigenvalue weighted by Crippen LogP contribution is 2.06. The molecule has 0 saturated heterocycles. The lowest BCUT2D eigenvalue weighted by Gasteiger charge is -2.10. The lowest BCUT2D eigenvalue weighted by atomic mass is 10.2. The third-order valence-electron chi connectivity index (χ3n) is 2.75. The number of imidazole rings is 1. The standard InChI is InChI=1S/C13H20N4S/c1-11(2)5-14-6-13-7-15-9-17(13)4-3-12-8-18-10-16-12/h7-11,14H,3-6H2,1-2H3. The fourth-order valence-electron chi connectivity index (χ4n) is 1.78. The van der Waals surface area contributed by atoms with Crippen LogP contribution in [-0.2, 0) is 19.5 Å². The first-order valence-corrected chi connectivity index (χ1v) is 7.26. The minimum Gasteiger partial charge on any atom is -0.333 e. The van der Waals surface area contributed by atoms with Gasteiger partial charge in [-0.15, -0.1) is 11.3 Å². The maximum atomic E-state index is 4.30. The van der Waals surface area contributed by atoms with E-state index in [1.165, 1.54) is 5.69 Å². The first-order chi connectivity index (χ1) is 8.75. The van der Waals surface area contributed by atoms with Gasteiger partial charge in [0.1, 0.15) is 0 Å². The lowest BCUT2D eigenvalue weighted by Crippen LogP contribution is -2.21. The van der Waals surface area contributed by atoms with Gasteiger partial charge in [-0.05, 0) is 12.5 Å². The highest BCUT2D eigenvalue weighted by molar-refractivity contribution is 7.07. The number of hydrogen-bond donors (Lipinski definition) is 1. The maximum Gasteiger partial charge on any atom is 0.0948 e. The van der Waals surface area contributed by atoms with Crippen LogP contribution in [-0.4, -0.2) is 21.1 Å². The molecule has 0 aliphatic heterocycles. The van der Waals surface area contributed by atoms with Gasteiger partial charge < -0.3 is 9.88 Å². The van der Waals surface area contributed by atoms with Gasteiger partial charge in [0, 0.05) is 31.1 Å². The van der Waals surface area contributed by atoms with Gasteiger partial charge in [0.25, 0.3) is 0 Å². The minimum absolute atomic E-state index is 0.677. The summed E-state index contributed by atoms with van der Waals surface area (Å²) in [5.74, 6) is 0.677. The van der Waals surface area contributed by atoms with E-state index in [9.17, 15) is 0 Å². The number of thiazole rings is 1. The van der Waals surface area contributed by atoms with Gasteiger partial charge >= 0.3 is 0 Å². The minimum atomic E-state index is 0.677. The van der Waals surface area contributed by atoms with Crippen molar-refractivity contribution in [3.63, 3.8) is 0 Å². The summed E-state index contributed by atoms with van der Waals surface area (Å²) in [5.41, 5.74) is 4.29. The molecule has 0 aliphatic rings. The Labute approximate surface area is 112 Å². The Morgan fingerprint density at radius 3 is 3.06 bits per heavy atom. The molecule has 2 aromatic heterocycles. The van der Waals surface area contributed by atoms with Crippen LogP contribution in [0.3, 0.4) is 0 Å². The van der Waals surface area contributed by atoms with Crippen LogP contribution < -0.4 is 5.32 Å². The van der Waals surface area contributed by atoms with Crippen molar-refractivity contribution < 1.29 is 0 Å². The van der Waals surface area contributed by atoms with E-state index in [2.05, 4.69) is 39.1 Å². The molecule has 0 saturated carbocycles. The average molecular weight is 264 g/mol. The largest absolute Gasteiger partial charge is 0.333 e. The first kappa shape index (κ1) is 13.2. The van der Waals surface area contributed by atoms with E-state index >= 15 is 0 Å². The SMILES string of the molecule is CC(C)CNCc1cncn1CCc1cscn1. The van der Waals surface area contributed by atoms with Crippen molar-refractivity contribution in [2.24, 2.45) is 5.92 Å². The molecule has 0 amide bonds. The van der Waals surface area contributed by atoms with Crippen molar-refractivity contribution in [2.45, 2.75) is 33.4 Å². The van der Waals surface area contributed by atoms with E-state index in [-0.39, 0.29) is 0 Å². The van der Waals surface area contributed by atoms with Crippen LogP contribution in [0, 0.1) is 5.92 Å². The van der Waals surface area contributed by atoms with Crippen molar-refractivity contribution in [1.82, 2.24) is 19.9 Å². The summed E-state index contributed by atoms with van der Waals surface area (Å²) in [4.78, 5) is 8.52. The molecule has 0 bridgehead atoms. The van der Waals surface area contributed by atoms with E-state index in [1.54, 1.807) is 11.3 Å². The van der Waals surface area contributed by atoms with Crippen LogP contribution in [0.1, 0.15) is 25.2 Å². The molecule has 1 N–H and O–H groups in total. The summed E-state index contributed by atoms with van der Waals surface area (Å²) < 4.78 is 2.20. The molecule has 0 fully saturated rings. The number of nitrogens with zero attached hydrogens (tertiary/aromatic N) is 3. The van der Waals surface area contributed by atoms with Crippen molar-refractivity contribution in [3.05, 3.63) is 34.8 Å². The summed E-state index contributed by atoms with van der Waals surface area (Å²) in [7, 11) is 0. The average Bonchev–Trinajstić information content (AvgIpc) is 2.96. The molecule has 0 aromatic carbocycles. The van der Waals surface area contributed by atoms with E-state index in [1.807, 2.05) is 18.0 Å². The second kappa shape index (κ2) is 6.66. The Kier molecular flexibility index (Phi) is 4.90. The van der Waals surface area contributed by atoms with Gasteiger partial charge in [0.2, 0.25) is 0 Å². The fraction of sp³-hybridized carbons (Fsp3) is 0.538. The molecule has 0 spiro atoms. The smallest absolute Gasteiger partial charge is 0.0948 e. The van der Waals surface area contributed by atoms with Gasteiger partial charge in [0.05, 0.1) is 23.2 Å². The predicted molar refractivity (Wildman–Crippen MR) is 74.6 cm³/mol. The van der Waals surface area contributed by atoms with Gasteiger partial charge in [-0.1, -0.05) is 13.8 Å². The molecular formula is C13H20N4S. The highest BCUT2D eigenvalue weighted by atomic mass is 32.1. The van der Waals surface area contributed by atoms with E-state index in [4.69, 9.17) is 0 Å². The Bertz CT molecular complexity index is 447. The molecule has 2 aromatic rings. The number of nitrogens with one attached hydrogen (secondary N) is 1. The number of aromatic nitrogens is 3. The highest BCUT2D eigenvalue weighted by Gasteiger charge is 2.03. The summed E-state index contributed by atoms with van der Waals surface area (Å²) in [5, 5.41) is 5.55. The van der Waals surface area contributed by atoms with E-state index in [0.717, 1.165) is 31.7 Å². The van der Waals surface area contributed by atoms with Crippen molar-refractivity contribution in [3.8, 4) is 0 Å². The van der Waals surface area contributed by atoms with Crippen LogP contribution in [0.15, 0.2) is 23.4 Å². The molecule has 2 rings (SSSR count). The molecule has 98 valence electrons. The molecule has 4 nitrogen and oxygen atoms in total. The topological polar surface area (TPSA) is 42.7 Å². The molecular weight excluding hydrogens is 244 g/mol. The normalized spacial score (nSPS) is 11.3. The number of rotatable bonds is 7. The van der Waals surface area contributed by atoms with Crippen LogP contribution in [0.5, 0.6) is 0 Å². The second-order valence-corrected chi connectivity index (χ2v) is 5.55. The zero-order valence-electron chi connectivity index (χ0n) is 11.0. The van der Waals surface area contributed by atoms with Crippen LogP contribution in [0.2, 0.25) is 0 Å². The summed E-state index contributed by atoms with van der Waals surface area (Å²) in [6, 6.07) is 0. The van der Waals surface area contributed by atoms with E-state index in [0.29, 0.717) is 5.92 Å². The van der Waals surface area contributed by atoms with Gasteiger partial charge in [-0.3, -0.25) is 0 Å². The molecule has 0 radical (unpaired) electrons. The quantitative estimate of drug-likeness (QED) is 0.834. The maximum absolute atomic E-state index is 4.30. The molecule has 0 atom stereocenters.